The van der Waals surface area contributed by atoms with Gasteiger partial charge in [-0.3, -0.25) is 0 Å². The van der Waals surface area contributed by atoms with Crippen LogP contribution in [0.3, 0.4) is 0 Å². The number of carbonyl (C=O) groups excluding carboxylic acids is 2. The van der Waals surface area contributed by atoms with Crippen molar-refractivity contribution in [2.45, 2.75) is 48.0 Å². The zero-order chi connectivity index (χ0) is 21.4. The summed E-state index contributed by atoms with van der Waals surface area (Å²) in [4.78, 5) is 24.7. The Morgan fingerprint density at radius 2 is 1.79 bits per heavy atom. The van der Waals surface area contributed by atoms with E-state index in [0.717, 1.165) is 0 Å². The van der Waals surface area contributed by atoms with Crippen molar-refractivity contribution in [1.29, 1.82) is 0 Å². The van der Waals surface area contributed by atoms with Crippen LogP contribution in [-0.4, -0.2) is 37.2 Å². The van der Waals surface area contributed by atoms with Crippen molar-refractivity contribution in [3.8, 4) is 0 Å². The van der Waals surface area contributed by atoms with Crippen molar-refractivity contribution in [3.05, 3.63) is 65.2 Å². The molecule has 0 aliphatic heterocycles. The monoisotopic (exact) mass is 435 g/mol. The molecule has 0 aromatic heterocycles. The third kappa shape index (κ3) is 4.16. The second-order valence-electron chi connectivity index (χ2n) is 7.99. The van der Waals surface area contributed by atoms with E-state index >= 15 is 0 Å². The number of nitrogens with one attached hydrogen (secondary N) is 1. The lowest BCUT2D eigenvalue weighted by atomic mass is 10.1. The molecule has 1 fully saturated rings. The van der Waals surface area contributed by atoms with Gasteiger partial charge in [0.1, 0.15) is 22.7 Å². The van der Waals surface area contributed by atoms with Crippen molar-refractivity contribution < 1.29 is 22.7 Å². The quantitative estimate of drug-likeness (QED) is 0.722. The van der Waals surface area contributed by atoms with Crippen LogP contribution in [0.1, 0.15) is 32.3 Å². The molecule has 0 radical (unpaired) electrons. The first-order valence-corrected chi connectivity index (χ1v) is 11.0. The first kappa shape index (κ1) is 21.3. The van der Waals surface area contributed by atoms with Crippen molar-refractivity contribution in [3.63, 3.8) is 0 Å². The van der Waals surface area contributed by atoms with Crippen LogP contribution in [0.5, 0.6) is 0 Å². The topological polar surface area (TPSA) is 89.5 Å². The summed E-state index contributed by atoms with van der Waals surface area (Å²) in [5, 5.41) is 1.74. The highest BCUT2D eigenvalue weighted by Crippen LogP contribution is 2.56. The molecule has 1 N–H and O–H groups in total. The summed E-state index contributed by atoms with van der Waals surface area (Å²) in [6.07, 6.45) is -0.379. The van der Waals surface area contributed by atoms with E-state index in [1.165, 1.54) is 12.1 Å². The van der Waals surface area contributed by atoms with Gasteiger partial charge in [0.25, 0.3) is 0 Å². The summed E-state index contributed by atoms with van der Waals surface area (Å²) >= 11 is 6.08. The molecule has 3 rings (SSSR count). The molecule has 0 bridgehead atoms. The first-order valence-electron chi connectivity index (χ1n) is 9.03. The molecule has 1 amide bonds. The molecule has 6 nitrogen and oxygen atoms in total. The lowest BCUT2D eigenvalue weighted by molar-refractivity contribution is -0.110. The minimum Gasteiger partial charge on any atom is -0.444 e. The molecule has 3 atom stereocenters. The Morgan fingerprint density at radius 1 is 1.14 bits per heavy atom. The van der Waals surface area contributed by atoms with Gasteiger partial charge in [0.15, 0.2) is 9.84 Å². The number of aldehydes is 1. The van der Waals surface area contributed by atoms with Gasteiger partial charge in [-0.15, -0.1) is 0 Å². The maximum atomic E-state index is 13.3. The van der Waals surface area contributed by atoms with E-state index in [1.807, 2.05) is 0 Å². The average molecular weight is 436 g/mol. The highest BCUT2D eigenvalue weighted by Gasteiger charge is 2.73. The maximum absolute atomic E-state index is 13.3. The van der Waals surface area contributed by atoms with Crippen LogP contribution < -0.4 is 5.32 Å². The molecular formula is C21H22ClNO5S. The number of benzene rings is 2. The standard InChI is InChI=1S/C21H22ClNO5S/c1-20(2,3)28-19(25)23-21(13-24)17(14-8-7-9-15(22)12-14)18(21)29(26,27)16-10-5-4-6-11-16/h4-13,17-18H,1-3H3,(H,23,25)/t17-,18+,21+/m0/s1. The minimum absolute atomic E-state index is 0.0757. The fourth-order valence-electron chi connectivity index (χ4n) is 3.52. The number of halogens is 1. The zero-order valence-corrected chi connectivity index (χ0v) is 17.8. The van der Waals surface area contributed by atoms with Gasteiger partial charge in [0.05, 0.1) is 4.90 Å². The van der Waals surface area contributed by atoms with Crippen LogP contribution in [0.2, 0.25) is 5.02 Å². The Morgan fingerprint density at radius 3 is 2.34 bits per heavy atom. The van der Waals surface area contributed by atoms with E-state index in [0.29, 0.717) is 16.9 Å². The van der Waals surface area contributed by atoms with Crippen molar-refractivity contribution >= 4 is 33.8 Å². The van der Waals surface area contributed by atoms with Crippen molar-refractivity contribution in [1.82, 2.24) is 5.32 Å². The van der Waals surface area contributed by atoms with E-state index in [4.69, 9.17) is 16.3 Å². The Labute approximate surface area is 175 Å². The number of amides is 1. The lowest BCUT2D eigenvalue weighted by Crippen LogP contribution is -2.45. The Hall–Kier alpha value is -2.38. The average Bonchev–Trinajstić information content (AvgIpc) is 3.30. The fraction of sp³-hybridized carbons (Fsp3) is 0.333. The van der Waals surface area contributed by atoms with Crippen LogP contribution in [0.4, 0.5) is 4.79 Å². The van der Waals surface area contributed by atoms with Crippen LogP contribution in [0.25, 0.3) is 0 Å². The number of alkyl carbamates (subject to hydrolysis) is 1. The first-order chi connectivity index (χ1) is 13.5. The molecule has 8 heteroatoms. The van der Waals surface area contributed by atoms with Gasteiger partial charge < -0.3 is 14.8 Å². The van der Waals surface area contributed by atoms with Gasteiger partial charge in [-0.05, 0) is 50.6 Å². The van der Waals surface area contributed by atoms with E-state index in [2.05, 4.69) is 5.32 Å². The predicted octanol–water partition coefficient (Wildman–Crippen LogP) is 3.74. The number of hydrogen-bond donors (Lipinski definition) is 1. The molecule has 1 aliphatic rings. The molecule has 1 aliphatic carbocycles. The van der Waals surface area contributed by atoms with Crippen LogP contribution in [-0.2, 0) is 19.4 Å². The molecule has 2 aromatic rings. The van der Waals surface area contributed by atoms with E-state index in [9.17, 15) is 18.0 Å². The highest BCUT2D eigenvalue weighted by atomic mass is 35.5. The summed E-state index contributed by atoms with van der Waals surface area (Å²) in [7, 11) is -3.93. The van der Waals surface area contributed by atoms with E-state index in [-0.39, 0.29) is 4.90 Å². The van der Waals surface area contributed by atoms with Gasteiger partial charge in [0, 0.05) is 10.9 Å². The van der Waals surface area contributed by atoms with Gasteiger partial charge in [0.2, 0.25) is 0 Å². The summed E-state index contributed by atoms with van der Waals surface area (Å²) in [6, 6.07) is 14.4. The Bertz CT molecular complexity index is 1030. The smallest absolute Gasteiger partial charge is 0.408 e. The molecule has 0 spiro atoms. The normalized spacial score (nSPS) is 23.9. The van der Waals surface area contributed by atoms with Gasteiger partial charge in [-0.25, -0.2) is 13.2 Å². The molecule has 1 saturated carbocycles. The SMILES string of the molecule is CC(C)(C)OC(=O)N[C@@]1(C=O)[C@H](S(=O)(=O)c2ccccc2)[C@@H]1c1cccc(Cl)c1. The van der Waals surface area contributed by atoms with Crippen molar-refractivity contribution in [2.75, 3.05) is 0 Å². The van der Waals surface area contributed by atoms with Crippen LogP contribution in [0, 0.1) is 0 Å². The fourth-order valence-corrected chi connectivity index (χ4v) is 5.98. The number of sulfone groups is 1. The summed E-state index contributed by atoms with van der Waals surface area (Å²) in [5.74, 6) is -0.795. The number of rotatable bonds is 5. The molecule has 29 heavy (non-hydrogen) atoms. The molecule has 0 unspecified atom stereocenters. The third-order valence-corrected chi connectivity index (χ3v) is 7.20. The van der Waals surface area contributed by atoms with Crippen molar-refractivity contribution in [2.24, 2.45) is 0 Å². The number of hydrogen-bond acceptors (Lipinski definition) is 5. The van der Waals surface area contributed by atoms with Crippen LogP contribution in [0.15, 0.2) is 59.5 Å². The number of ether oxygens (including phenoxy) is 1. The maximum Gasteiger partial charge on any atom is 0.408 e. The Balaban J connectivity index is 2.05. The third-order valence-electron chi connectivity index (χ3n) is 4.71. The second kappa shape index (κ2) is 7.46. The molecule has 0 heterocycles. The number of carbonyl (C=O) groups is 2. The van der Waals surface area contributed by atoms with Crippen LogP contribution >= 0.6 is 11.6 Å². The molecule has 2 aromatic carbocycles. The van der Waals surface area contributed by atoms with Gasteiger partial charge in [-0.2, -0.15) is 0 Å². The molecule has 0 saturated heterocycles. The summed E-state index contributed by atoms with van der Waals surface area (Å²) in [6.45, 7) is 5.04. The summed E-state index contributed by atoms with van der Waals surface area (Å²) in [5.41, 5.74) is -1.91. The van der Waals surface area contributed by atoms with E-state index in [1.54, 1.807) is 63.2 Å². The lowest BCUT2D eigenvalue weighted by Gasteiger charge is -2.22. The largest absolute Gasteiger partial charge is 0.444 e. The van der Waals surface area contributed by atoms with E-state index < -0.39 is 38.2 Å². The summed E-state index contributed by atoms with van der Waals surface area (Å²) < 4.78 is 31.9. The zero-order valence-electron chi connectivity index (χ0n) is 16.3. The molecule has 154 valence electrons. The Kier molecular flexibility index (Phi) is 5.49. The van der Waals surface area contributed by atoms with Gasteiger partial charge in [-0.1, -0.05) is 41.9 Å². The highest BCUT2D eigenvalue weighted by molar-refractivity contribution is 7.92. The predicted molar refractivity (Wildman–Crippen MR) is 110 cm³/mol. The second-order valence-corrected chi connectivity index (χ2v) is 10.5. The van der Waals surface area contributed by atoms with Gasteiger partial charge >= 0.3 is 6.09 Å². The molecular weight excluding hydrogens is 414 g/mol. The minimum atomic E-state index is -3.93.